The third-order valence-corrected chi connectivity index (χ3v) is 2.90. The molecule has 2 atom stereocenters. The van der Waals surface area contributed by atoms with Gasteiger partial charge in [-0.05, 0) is 20.0 Å². The van der Waals surface area contributed by atoms with Gasteiger partial charge in [0.05, 0.1) is 0 Å². The van der Waals surface area contributed by atoms with Crippen LogP contribution in [0.1, 0.15) is 6.42 Å². The molecule has 0 saturated carbocycles. The minimum absolute atomic E-state index is 0.0310. The zero-order valence-electron chi connectivity index (χ0n) is 8.79. The van der Waals surface area contributed by atoms with Crippen molar-refractivity contribution in [3.63, 3.8) is 0 Å². The van der Waals surface area contributed by atoms with E-state index in [-0.39, 0.29) is 11.9 Å². The van der Waals surface area contributed by atoms with E-state index >= 15 is 0 Å². The Morgan fingerprint density at radius 3 is 2.71 bits per heavy atom. The number of hydrazine groups is 1. The molecule has 2 unspecified atom stereocenters. The van der Waals surface area contributed by atoms with Gasteiger partial charge in [-0.2, -0.15) is 0 Å². The third kappa shape index (κ3) is 2.05. The maximum atomic E-state index is 11.4. The van der Waals surface area contributed by atoms with E-state index in [1.165, 1.54) is 0 Å². The van der Waals surface area contributed by atoms with Gasteiger partial charge < -0.3 is 10.2 Å². The Bertz CT molecular complexity index is 233. The summed E-state index contributed by atoms with van der Waals surface area (Å²) < 4.78 is 0. The first-order chi connectivity index (χ1) is 6.65. The summed E-state index contributed by atoms with van der Waals surface area (Å²) in [4.78, 5) is 13.7. The highest BCUT2D eigenvalue weighted by molar-refractivity contribution is 5.83. The van der Waals surface area contributed by atoms with Gasteiger partial charge in [0, 0.05) is 26.2 Å². The topological polar surface area (TPSA) is 47.6 Å². The number of carbonyl (C=O) groups excluding carboxylic acids is 1. The molecule has 5 nitrogen and oxygen atoms in total. The summed E-state index contributed by atoms with van der Waals surface area (Å²) in [6.45, 7) is 2.94. The first-order valence-electron chi connectivity index (χ1n) is 5.11. The number of nitrogens with one attached hydrogen (secondary N) is 2. The van der Waals surface area contributed by atoms with Crippen molar-refractivity contribution in [2.45, 2.75) is 18.5 Å². The van der Waals surface area contributed by atoms with E-state index in [1.54, 1.807) is 0 Å². The summed E-state index contributed by atoms with van der Waals surface area (Å²) >= 11 is 0. The number of amides is 1. The molecule has 0 aromatic carbocycles. The van der Waals surface area contributed by atoms with Crippen molar-refractivity contribution >= 4 is 5.91 Å². The molecular weight excluding hydrogens is 180 g/mol. The van der Waals surface area contributed by atoms with Crippen LogP contribution in [0.15, 0.2) is 0 Å². The molecule has 2 N–H and O–H groups in total. The average Bonchev–Trinajstić information content (AvgIpc) is 2.61. The lowest BCUT2D eigenvalue weighted by Crippen LogP contribution is -2.45. The largest absolute Gasteiger partial charge is 0.305 e. The van der Waals surface area contributed by atoms with E-state index in [0.717, 1.165) is 26.1 Å². The summed E-state index contributed by atoms with van der Waals surface area (Å²) in [7, 11) is 4.00. The van der Waals surface area contributed by atoms with Crippen LogP contribution in [0, 0.1) is 0 Å². The second-order valence-corrected chi connectivity index (χ2v) is 4.32. The van der Waals surface area contributed by atoms with Crippen LogP contribution in [0.4, 0.5) is 0 Å². The predicted molar refractivity (Wildman–Crippen MR) is 53.6 cm³/mol. The number of rotatable bonds is 2. The quantitative estimate of drug-likeness (QED) is 0.574. The fourth-order valence-corrected chi connectivity index (χ4v) is 2.15. The summed E-state index contributed by atoms with van der Waals surface area (Å²) in [6, 6.07) is 0.443. The number of carbonyl (C=O) groups is 1. The van der Waals surface area contributed by atoms with Gasteiger partial charge in [0.2, 0.25) is 0 Å². The van der Waals surface area contributed by atoms with E-state index in [2.05, 4.69) is 22.7 Å². The van der Waals surface area contributed by atoms with Gasteiger partial charge in [0.1, 0.15) is 6.04 Å². The number of likely N-dealkylation sites (N-methyl/N-ethyl adjacent to an activating group) is 2. The summed E-state index contributed by atoms with van der Waals surface area (Å²) in [5.41, 5.74) is 2.77. The number of likely N-dealkylation sites (tertiary alicyclic amines) is 1. The van der Waals surface area contributed by atoms with Crippen LogP contribution in [0.3, 0.4) is 0 Å². The Morgan fingerprint density at radius 1 is 1.43 bits per heavy atom. The van der Waals surface area contributed by atoms with Crippen molar-refractivity contribution in [1.82, 2.24) is 20.7 Å². The van der Waals surface area contributed by atoms with Crippen molar-refractivity contribution in [2.75, 3.05) is 33.7 Å². The Morgan fingerprint density at radius 2 is 2.21 bits per heavy atom. The molecule has 80 valence electrons. The van der Waals surface area contributed by atoms with Gasteiger partial charge in [-0.3, -0.25) is 10.2 Å². The van der Waals surface area contributed by atoms with Crippen molar-refractivity contribution in [3.8, 4) is 0 Å². The van der Waals surface area contributed by atoms with Crippen LogP contribution in [0.25, 0.3) is 0 Å². The number of hydrogen-bond donors (Lipinski definition) is 2. The second-order valence-electron chi connectivity index (χ2n) is 4.32. The van der Waals surface area contributed by atoms with Crippen molar-refractivity contribution in [3.05, 3.63) is 0 Å². The zero-order chi connectivity index (χ0) is 10.1. The molecule has 2 rings (SSSR count). The molecule has 0 radical (unpaired) electrons. The van der Waals surface area contributed by atoms with Crippen LogP contribution in [-0.4, -0.2) is 61.6 Å². The molecule has 0 spiro atoms. The Balaban J connectivity index is 1.83. The van der Waals surface area contributed by atoms with Gasteiger partial charge in [0.25, 0.3) is 5.91 Å². The lowest BCUT2D eigenvalue weighted by molar-refractivity contribution is -0.122. The molecule has 0 aliphatic carbocycles. The van der Waals surface area contributed by atoms with Gasteiger partial charge >= 0.3 is 0 Å². The molecule has 5 heteroatoms. The fourth-order valence-electron chi connectivity index (χ4n) is 2.15. The van der Waals surface area contributed by atoms with E-state index in [0.29, 0.717) is 6.04 Å². The lowest BCUT2D eigenvalue weighted by Gasteiger charge is -2.16. The van der Waals surface area contributed by atoms with Crippen molar-refractivity contribution < 1.29 is 4.79 Å². The smallest absolute Gasteiger partial charge is 0.252 e. The maximum absolute atomic E-state index is 11.4. The molecule has 14 heavy (non-hydrogen) atoms. The molecule has 2 fully saturated rings. The Labute approximate surface area is 84.4 Å². The van der Waals surface area contributed by atoms with Gasteiger partial charge in [0.15, 0.2) is 0 Å². The van der Waals surface area contributed by atoms with Gasteiger partial charge in [-0.1, -0.05) is 0 Å². The first kappa shape index (κ1) is 9.89. The van der Waals surface area contributed by atoms with Crippen LogP contribution in [-0.2, 0) is 4.79 Å². The molecule has 0 aromatic heterocycles. The highest BCUT2D eigenvalue weighted by Gasteiger charge is 2.31. The summed E-state index contributed by atoms with van der Waals surface area (Å²) in [5, 5.41) is 5.23. The van der Waals surface area contributed by atoms with Gasteiger partial charge in [-0.25, -0.2) is 5.01 Å². The average molecular weight is 198 g/mol. The molecule has 0 bridgehead atoms. The van der Waals surface area contributed by atoms with Gasteiger partial charge in [-0.15, -0.1) is 0 Å². The number of nitrogens with zero attached hydrogens (tertiary/aromatic N) is 2. The van der Waals surface area contributed by atoms with Crippen LogP contribution in [0.2, 0.25) is 0 Å². The van der Waals surface area contributed by atoms with E-state index < -0.39 is 0 Å². The fraction of sp³-hybridized carbons (Fsp3) is 0.889. The standard InChI is InChI=1S/C9H18N4O/c1-12-4-3-7(5-12)10-8-6-13(2)11-9(8)14/h7-8,10H,3-6H2,1-2H3,(H,11,14). The Hall–Kier alpha value is -0.650. The predicted octanol–water partition coefficient (Wildman–Crippen LogP) is -1.37. The lowest BCUT2D eigenvalue weighted by atomic mass is 10.2. The molecular formula is C9H18N4O. The number of hydrogen-bond acceptors (Lipinski definition) is 4. The van der Waals surface area contributed by atoms with E-state index in [1.807, 2.05) is 12.1 Å². The first-order valence-corrected chi connectivity index (χ1v) is 5.11. The third-order valence-electron chi connectivity index (χ3n) is 2.90. The molecule has 2 saturated heterocycles. The minimum atomic E-state index is -0.0310. The van der Waals surface area contributed by atoms with Crippen LogP contribution < -0.4 is 10.7 Å². The monoisotopic (exact) mass is 198 g/mol. The van der Waals surface area contributed by atoms with Crippen LogP contribution in [0.5, 0.6) is 0 Å². The van der Waals surface area contributed by atoms with Crippen molar-refractivity contribution in [1.29, 1.82) is 0 Å². The normalized spacial score (nSPS) is 35.1. The molecule has 2 aliphatic heterocycles. The zero-order valence-corrected chi connectivity index (χ0v) is 8.79. The minimum Gasteiger partial charge on any atom is -0.305 e. The highest BCUT2D eigenvalue weighted by Crippen LogP contribution is 2.08. The second kappa shape index (κ2) is 3.84. The van der Waals surface area contributed by atoms with Crippen molar-refractivity contribution in [2.24, 2.45) is 0 Å². The van der Waals surface area contributed by atoms with Crippen LogP contribution >= 0.6 is 0 Å². The Kier molecular flexibility index (Phi) is 2.71. The summed E-state index contributed by atoms with van der Waals surface area (Å²) in [6.07, 6.45) is 1.14. The molecule has 2 heterocycles. The SMILES string of the molecule is CN1CCC(NC2CN(C)NC2=O)C1. The van der Waals surface area contributed by atoms with E-state index in [9.17, 15) is 4.79 Å². The van der Waals surface area contributed by atoms with E-state index in [4.69, 9.17) is 0 Å². The summed E-state index contributed by atoms with van der Waals surface area (Å²) in [5.74, 6) is 0.0991. The maximum Gasteiger partial charge on any atom is 0.252 e. The molecule has 2 aliphatic rings. The highest BCUT2D eigenvalue weighted by atomic mass is 16.2. The molecule has 1 amide bonds. The molecule has 0 aromatic rings.